The average molecular weight is 372 g/mol. The monoisotopic (exact) mass is 372 g/mol. The van der Waals surface area contributed by atoms with Gasteiger partial charge in [-0.3, -0.25) is 0 Å². The van der Waals surface area contributed by atoms with E-state index in [4.69, 9.17) is 9.51 Å². The first-order valence-electron chi connectivity index (χ1n) is 9.61. The highest BCUT2D eigenvalue weighted by molar-refractivity contribution is 6.08. The number of hydrogen-bond acceptors (Lipinski definition) is 3. The summed E-state index contributed by atoms with van der Waals surface area (Å²) in [4.78, 5) is 5.01. The van der Waals surface area contributed by atoms with Gasteiger partial charge in [0.15, 0.2) is 5.76 Å². The second-order valence-corrected chi connectivity index (χ2v) is 7.13. The van der Waals surface area contributed by atoms with Crippen molar-refractivity contribution in [2.45, 2.75) is 0 Å². The predicted octanol–water partition coefficient (Wildman–Crippen LogP) is 6.86. The van der Waals surface area contributed by atoms with Crippen molar-refractivity contribution >= 4 is 32.6 Å². The fourth-order valence-corrected chi connectivity index (χ4v) is 3.99. The molecule has 0 amide bonds. The van der Waals surface area contributed by atoms with Gasteiger partial charge in [-0.2, -0.15) is 0 Å². The second kappa shape index (κ2) is 6.28. The number of hydrogen-bond donors (Lipinski definition) is 0. The van der Waals surface area contributed by atoms with Gasteiger partial charge in [-0.1, -0.05) is 90.1 Å². The molecule has 3 nitrogen and oxygen atoms in total. The van der Waals surface area contributed by atoms with Crippen LogP contribution in [0.5, 0.6) is 0 Å². The van der Waals surface area contributed by atoms with E-state index in [9.17, 15) is 0 Å². The van der Waals surface area contributed by atoms with E-state index in [-0.39, 0.29) is 0 Å². The van der Waals surface area contributed by atoms with Crippen LogP contribution in [0.4, 0.5) is 0 Å². The summed E-state index contributed by atoms with van der Waals surface area (Å²) in [5, 5.41) is 8.81. The molecule has 2 aromatic heterocycles. The smallest absolute Gasteiger partial charge is 0.174 e. The van der Waals surface area contributed by atoms with Crippen molar-refractivity contribution in [3.05, 3.63) is 97.1 Å². The Balaban J connectivity index is 1.61. The fraction of sp³-hybridized carbons (Fsp3) is 0. The van der Waals surface area contributed by atoms with Crippen LogP contribution in [0, 0.1) is 0 Å². The van der Waals surface area contributed by atoms with Crippen LogP contribution in [-0.4, -0.2) is 10.1 Å². The second-order valence-electron chi connectivity index (χ2n) is 7.13. The SMILES string of the molecule is c1ccc(-c2onc3c2ccc2ccc(-c4cccc5ccccc45)nc23)cc1. The van der Waals surface area contributed by atoms with E-state index in [0.29, 0.717) is 0 Å². The van der Waals surface area contributed by atoms with Gasteiger partial charge in [0.05, 0.1) is 11.1 Å². The van der Waals surface area contributed by atoms with Gasteiger partial charge < -0.3 is 4.52 Å². The minimum atomic E-state index is 0.778. The van der Waals surface area contributed by atoms with Crippen LogP contribution >= 0.6 is 0 Å². The van der Waals surface area contributed by atoms with Gasteiger partial charge >= 0.3 is 0 Å². The lowest BCUT2D eigenvalue weighted by Crippen LogP contribution is -1.88. The summed E-state index contributed by atoms with van der Waals surface area (Å²) in [6.45, 7) is 0. The summed E-state index contributed by atoms with van der Waals surface area (Å²) in [5.41, 5.74) is 4.72. The Morgan fingerprint density at radius 1 is 0.552 bits per heavy atom. The summed E-state index contributed by atoms with van der Waals surface area (Å²) in [5.74, 6) is 0.778. The molecule has 0 saturated carbocycles. The maximum Gasteiger partial charge on any atom is 0.174 e. The van der Waals surface area contributed by atoms with Gasteiger partial charge in [-0.15, -0.1) is 0 Å². The maximum atomic E-state index is 5.74. The summed E-state index contributed by atoms with van der Waals surface area (Å²) in [6, 6.07) is 33.1. The molecule has 0 N–H and O–H groups in total. The minimum absolute atomic E-state index is 0.778. The van der Waals surface area contributed by atoms with Gasteiger partial charge in [0.2, 0.25) is 0 Å². The number of rotatable bonds is 2. The van der Waals surface area contributed by atoms with Crippen LogP contribution in [0.15, 0.2) is 102 Å². The molecular formula is C26H16N2O. The molecule has 0 aliphatic heterocycles. The van der Waals surface area contributed by atoms with Crippen LogP contribution in [0.3, 0.4) is 0 Å². The van der Waals surface area contributed by atoms with Gasteiger partial charge in [0.25, 0.3) is 0 Å². The number of pyridine rings is 1. The van der Waals surface area contributed by atoms with Crippen molar-refractivity contribution in [1.82, 2.24) is 10.1 Å². The molecule has 0 saturated heterocycles. The molecule has 3 heteroatoms. The molecule has 0 atom stereocenters. The van der Waals surface area contributed by atoms with E-state index in [0.717, 1.165) is 44.4 Å². The standard InChI is InChI=1S/C26H16N2O/c1-2-8-19(9-3-1)26-22-15-13-18-14-16-23(27-24(18)25(22)28-29-26)21-12-6-10-17-7-4-5-11-20(17)21/h1-16H. The molecule has 0 aliphatic carbocycles. The lowest BCUT2D eigenvalue weighted by molar-refractivity contribution is 0.441. The Bertz CT molecular complexity index is 1490. The van der Waals surface area contributed by atoms with E-state index >= 15 is 0 Å². The van der Waals surface area contributed by atoms with Gasteiger partial charge in [-0.25, -0.2) is 4.98 Å². The molecule has 4 aromatic carbocycles. The first-order chi connectivity index (χ1) is 14.4. The van der Waals surface area contributed by atoms with Crippen LogP contribution in [0.1, 0.15) is 0 Å². The van der Waals surface area contributed by atoms with Gasteiger partial charge in [0.1, 0.15) is 11.0 Å². The number of nitrogens with zero attached hydrogens (tertiary/aromatic N) is 2. The zero-order valence-electron chi connectivity index (χ0n) is 15.5. The molecule has 0 spiro atoms. The molecule has 136 valence electrons. The number of fused-ring (bicyclic) bond motifs is 4. The van der Waals surface area contributed by atoms with Crippen molar-refractivity contribution in [3.63, 3.8) is 0 Å². The normalized spacial score (nSPS) is 11.4. The van der Waals surface area contributed by atoms with Crippen molar-refractivity contribution in [2.75, 3.05) is 0 Å². The van der Waals surface area contributed by atoms with E-state index in [2.05, 4.69) is 71.9 Å². The third-order valence-corrected chi connectivity index (χ3v) is 5.41. The molecule has 0 unspecified atom stereocenters. The molecule has 29 heavy (non-hydrogen) atoms. The van der Waals surface area contributed by atoms with E-state index in [1.165, 1.54) is 10.8 Å². The van der Waals surface area contributed by atoms with Gasteiger partial charge in [0, 0.05) is 16.5 Å². The Hall–Kier alpha value is -3.98. The first-order valence-corrected chi connectivity index (χ1v) is 9.61. The molecule has 6 rings (SSSR count). The first kappa shape index (κ1) is 16.0. The maximum absolute atomic E-state index is 5.74. The van der Waals surface area contributed by atoms with Crippen molar-refractivity contribution in [3.8, 4) is 22.6 Å². The molecule has 2 heterocycles. The third-order valence-electron chi connectivity index (χ3n) is 5.41. The molecule has 0 aliphatic rings. The summed E-state index contributed by atoms with van der Waals surface area (Å²) in [6.07, 6.45) is 0. The zero-order chi connectivity index (χ0) is 19.2. The highest BCUT2D eigenvalue weighted by Gasteiger charge is 2.15. The predicted molar refractivity (Wildman–Crippen MR) is 118 cm³/mol. The summed E-state index contributed by atoms with van der Waals surface area (Å²) in [7, 11) is 0. The van der Waals surface area contributed by atoms with Crippen LogP contribution in [0.2, 0.25) is 0 Å². The van der Waals surface area contributed by atoms with Crippen LogP contribution in [-0.2, 0) is 0 Å². The molecular weight excluding hydrogens is 356 g/mol. The highest BCUT2D eigenvalue weighted by Crippen LogP contribution is 2.34. The molecule has 6 aromatic rings. The quantitative estimate of drug-likeness (QED) is 0.333. The topological polar surface area (TPSA) is 38.9 Å². The van der Waals surface area contributed by atoms with Crippen molar-refractivity contribution in [2.24, 2.45) is 0 Å². The molecule has 0 radical (unpaired) electrons. The zero-order valence-corrected chi connectivity index (χ0v) is 15.5. The lowest BCUT2D eigenvalue weighted by Gasteiger charge is -2.07. The van der Waals surface area contributed by atoms with Crippen LogP contribution in [0.25, 0.3) is 55.2 Å². The Morgan fingerprint density at radius 2 is 1.34 bits per heavy atom. The Labute approximate surface area is 167 Å². The van der Waals surface area contributed by atoms with Crippen molar-refractivity contribution in [1.29, 1.82) is 0 Å². The summed E-state index contributed by atoms with van der Waals surface area (Å²) >= 11 is 0. The van der Waals surface area contributed by atoms with Crippen LogP contribution < -0.4 is 0 Å². The number of benzene rings is 4. The fourth-order valence-electron chi connectivity index (χ4n) is 3.99. The average Bonchev–Trinajstić information content (AvgIpc) is 3.24. The highest BCUT2D eigenvalue weighted by atomic mass is 16.5. The summed E-state index contributed by atoms with van der Waals surface area (Å²) < 4.78 is 5.74. The molecule has 0 fully saturated rings. The lowest BCUT2D eigenvalue weighted by atomic mass is 10.0. The third kappa shape index (κ3) is 2.52. The minimum Gasteiger partial charge on any atom is -0.355 e. The van der Waals surface area contributed by atoms with Gasteiger partial charge in [-0.05, 0) is 22.9 Å². The number of aromatic nitrogens is 2. The van der Waals surface area contributed by atoms with E-state index < -0.39 is 0 Å². The molecule has 0 bridgehead atoms. The van der Waals surface area contributed by atoms with E-state index in [1.54, 1.807) is 0 Å². The Kier molecular flexibility index (Phi) is 3.47. The van der Waals surface area contributed by atoms with Crippen molar-refractivity contribution < 1.29 is 4.52 Å². The largest absolute Gasteiger partial charge is 0.355 e. The Morgan fingerprint density at radius 3 is 2.28 bits per heavy atom. The van der Waals surface area contributed by atoms with E-state index in [1.807, 2.05) is 30.3 Å².